The summed E-state index contributed by atoms with van der Waals surface area (Å²) in [6.07, 6.45) is 10.2. The van der Waals surface area contributed by atoms with Crippen LogP contribution in [0, 0.1) is 6.92 Å². The third-order valence-electron chi connectivity index (χ3n) is 10.6. The highest BCUT2D eigenvalue weighted by Gasteiger charge is 2.55. The fourth-order valence-corrected chi connectivity index (χ4v) is 11.6. The number of benzene rings is 5. The molecule has 2 unspecified atom stereocenters. The lowest BCUT2D eigenvalue weighted by atomic mass is 9.40. The molecule has 0 spiro atoms. The summed E-state index contributed by atoms with van der Waals surface area (Å²) >= 11 is 4.17. The van der Waals surface area contributed by atoms with Gasteiger partial charge in [0.05, 0.1) is 6.04 Å². The van der Waals surface area contributed by atoms with E-state index in [0.29, 0.717) is 11.9 Å². The van der Waals surface area contributed by atoms with Gasteiger partial charge in [0.1, 0.15) is 0 Å². The van der Waals surface area contributed by atoms with Crippen molar-refractivity contribution in [2.75, 3.05) is 4.90 Å². The van der Waals surface area contributed by atoms with Gasteiger partial charge in [0, 0.05) is 31.5 Å². The molecule has 0 saturated carbocycles. The molecule has 4 aliphatic rings. The highest BCUT2D eigenvalue weighted by molar-refractivity contribution is 8.02. The third kappa shape index (κ3) is 3.78. The second-order valence-electron chi connectivity index (χ2n) is 14.5. The zero-order valence-electron chi connectivity index (χ0n) is 26.6. The molecule has 0 bridgehead atoms. The van der Waals surface area contributed by atoms with Crippen molar-refractivity contribution < 1.29 is 0 Å². The van der Waals surface area contributed by atoms with Gasteiger partial charge in [-0.05, 0) is 121 Å². The molecule has 4 heterocycles. The maximum absolute atomic E-state index is 2.71. The number of thiophene rings is 1. The first kappa shape index (κ1) is 27.2. The predicted octanol–water partition coefficient (Wildman–Crippen LogP) is 10.6. The van der Waals surface area contributed by atoms with Gasteiger partial charge in [0.25, 0.3) is 0 Å². The summed E-state index contributed by atoms with van der Waals surface area (Å²) in [7, 11) is 0. The van der Waals surface area contributed by atoms with Crippen molar-refractivity contribution in [2.45, 2.75) is 55.6 Å². The molecule has 222 valence electrons. The zero-order valence-corrected chi connectivity index (χ0v) is 28.2. The standard InChI is InChI=1S/C42H34BNS2/c1-24-18-33-37-31-20-25-10-6-5-7-11-27(25)22-35(31)45-40(37)43-38(33)34(19-24)44(30-16-14-29(15-17-30)42(2,3)4)39-32-21-26-12-8-9-13-28(26)23-36(32)46-41(39)43/h6-23,39,41H,5H2,1-4H3. The summed E-state index contributed by atoms with van der Waals surface area (Å²) in [5.41, 5.74) is 14.1. The summed E-state index contributed by atoms with van der Waals surface area (Å²) in [6, 6.07) is 33.4. The third-order valence-corrected chi connectivity index (χ3v) is 13.2. The van der Waals surface area contributed by atoms with Crippen molar-refractivity contribution in [3.8, 4) is 11.1 Å². The molecular formula is C42H34BNS2. The van der Waals surface area contributed by atoms with E-state index in [4.69, 9.17) is 0 Å². The summed E-state index contributed by atoms with van der Waals surface area (Å²) in [5, 5.41) is 4.47. The van der Waals surface area contributed by atoms with Crippen LogP contribution in [0.4, 0.5) is 11.4 Å². The SMILES string of the molecule is Cc1cc2c3c(c1)N(c1ccc(C(C)(C)C)cc1)C1c4cc5ccccc5cc4SC1B3c1sc3cc4c(cc3c1-2)C=CCC=C4. The van der Waals surface area contributed by atoms with Crippen LogP contribution in [-0.4, -0.2) is 11.9 Å². The van der Waals surface area contributed by atoms with Crippen LogP contribution < -0.4 is 15.1 Å². The monoisotopic (exact) mass is 627 g/mol. The molecule has 4 heteroatoms. The Labute approximate surface area is 279 Å². The first-order valence-electron chi connectivity index (χ1n) is 16.5. The molecule has 10 rings (SSSR count). The van der Waals surface area contributed by atoms with Gasteiger partial charge in [-0.3, -0.25) is 0 Å². The number of hydrogen-bond acceptors (Lipinski definition) is 3. The molecule has 5 aromatic carbocycles. The molecule has 0 fully saturated rings. The molecular weight excluding hydrogens is 593 g/mol. The van der Waals surface area contributed by atoms with Crippen molar-refractivity contribution in [2.24, 2.45) is 0 Å². The van der Waals surface area contributed by atoms with Gasteiger partial charge in [-0.25, -0.2) is 0 Å². The normalized spacial score (nSPS) is 18.9. The Balaban J connectivity index is 1.25. The van der Waals surface area contributed by atoms with E-state index >= 15 is 0 Å². The predicted molar refractivity (Wildman–Crippen MR) is 203 cm³/mol. The average Bonchev–Trinajstić information content (AvgIpc) is 3.61. The van der Waals surface area contributed by atoms with E-state index in [1.54, 1.807) is 4.78 Å². The number of anilines is 2. The Hall–Kier alpha value is -3.99. The van der Waals surface area contributed by atoms with Gasteiger partial charge in [0.2, 0.25) is 6.71 Å². The van der Waals surface area contributed by atoms with Crippen LogP contribution in [0.1, 0.15) is 61.1 Å². The van der Waals surface area contributed by atoms with Crippen LogP contribution in [-0.2, 0) is 5.41 Å². The molecule has 0 amide bonds. The fourth-order valence-electron chi connectivity index (χ4n) is 8.47. The number of aryl methyl sites for hydroxylation is 1. The number of rotatable bonds is 1. The Morgan fingerprint density at radius 2 is 1.57 bits per heavy atom. The van der Waals surface area contributed by atoms with Crippen LogP contribution in [0.2, 0.25) is 0 Å². The van der Waals surface area contributed by atoms with Gasteiger partial charge >= 0.3 is 0 Å². The minimum Gasteiger partial charge on any atom is -0.334 e. The number of nitrogens with zero attached hydrogens (tertiary/aromatic N) is 1. The van der Waals surface area contributed by atoms with Crippen LogP contribution in [0.15, 0.2) is 102 Å². The Kier molecular flexibility index (Phi) is 5.63. The van der Waals surface area contributed by atoms with E-state index in [9.17, 15) is 0 Å². The van der Waals surface area contributed by atoms with Gasteiger partial charge in [-0.1, -0.05) is 87.5 Å². The van der Waals surface area contributed by atoms with Crippen molar-refractivity contribution in [1.82, 2.24) is 0 Å². The van der Waals surface area contributed by atoms with E-state index in [2.05, 4.69) is 154 Å². The average molecular weight is 628 g/mol. The molecule has 46 heavy (non-hydrogen) atoms. The lowest BCUT2D eigenvalue weighted by molar-refractivity contribution is 0.590. The zero-order chi connectivity index (χ0) is 30.9. The van der Waals surface area contributed by atoms with E-state index in [0.717, 1.165) is 6.42 Å². The lowest BCUT2D eigenvalue weighted by Crippen LogP contribution is -2.56. The number of thioether (sulfide) groups is 1. The molecule has 0 radical (unpaired) electrons. The van der Waals surface area contributed by atoms with Crippen molar-refractivity contribution in [3.63, 3.8) is 0 Å². The Morgan fingerprint density at radius 3 is 2.33 bits per heavy atom. The topological polar surface area (TPSA) is 3.24 Å². The van der Waals surface area contributed by atoms with Crippen LogP contribution in [0.3, 0.4) is 0 Å². The second-order valence-corrected chi connectivity index (χ2v) is 16.8. The first-order valence-corrected chi connectivity index (χ1v) is 18.2. The summed E-state index contributed by atoms with van der Waals surface area (Å²) < 4.78 is 2.98. The Morgan fingerprint density at radius 1 is 0.826 bits per heavy atom. The number of hydrogen-bond donors (Lipinski definition) is 0. The Bertz CT molecular complexity index is 2340. The quantitative estimate of drug-likeness (QED) is 0.167. The van der Waals surface area contributed by atoms with Crippen LogP contribution in [0.5, 0.6) is 0 Å². The molecule has 0 saturated heterocycles. The van der Waals surface area contributed by atoms with Gasteiger partial charge < -0.3 is 4.90 Å². The minimum absolute atomic E-state index is 0.117. The summed E-state index contributed by atoms with van der Waals surface area (Å²) in [5.74, 6) is 0. The highest BCUT2D eigenvalue weighted by Crippen LogP contribution is 2.57. The van der Waals surface area contributed by atoms with Gasteiger partial charge in [0.15, 0.2) is 0 Å². The molecule has 1 aromatic heterocycles. The summed E-state index contributed by atoms with van der Waals surface area (Å²) in [6.45, 7) is 9.56. The van der Waals surface area contributed by atoms with E-state index in [-0.39, 0.29) is 11.5 Å². The van der Waals surface area contributed by atoms with Crippen molar-refractivity contribution in [1.29, 1.82) is 0 Å². The second kappa shape index (κ2) is 9.53. The lowest BCUT2D eigenvalue weighted by Gasteiger charge is -2.43. The largest absolute Gasteiger partial charge is 0.334 e. The molecule has 0 N–H and O–H groups in total. The number of fused-ring (bicyclic) bond motifs is 11. The molecule has 1 nitrogen and oxygen atoms in total. The van der Waals surface area contributed by atoms with Gasteiger partial charge in [-0.15, -0.1) is 23.1 Å². The van der Waals surface area contributed by atoms with Crippen molar-refractivity contribution in [3.05, 3.63) is 125 Å². The van der Waals surface area contributed by atoms with E-state index in [1.807, 2.05) is 11.3 Å². The molecule has 6 aromatic rings. The summed E-state index contributed by atoms with van der Waals surface area (Å²) in [4.78, 5) is 4.15. The van der Waals surface area contributed by atoms with Gasteiger partial charge in [-0.2, -0.15) is 0 Å². The highest BCUT2D eigenvalue weighted by atomic mass is 32.2. The molecule has 1 aliphatic carbocycles. The first-order chi connectivity index (χ1) is 22.3. The van der Waals surface area contributed by atoms with E-state index in [1.165, 1.54) is 81.5 Å². The van der Waals surface area contributed by atoms with Crippen LogP contribution in [0.25, 0.3) is 44.1 Å². The minimum atomic E-state index is 0.117. The molecule has 2 atom stereocenters. The maximum Gasteiger partial charge on any atom is 0.242 e. The fraction of sp³-hybridized carbons (Fsp3) is 0.190. The van der Waals surface area contributed by atoms with E-state index < -0.39 is 0 Å². The number of allylic oxidation sites excluding steroid dienone is 2. The van der Waals surface area contributed by atoms with Crippen molar-refractivity contribution >= 4 is 84.4 Å². The maximum atomic E-state index is 2.71. The van der Waals surface area contributed by atoms with Crippen LogP contribution >= 0.6 is 23.1 Å². The smallest absolute Gasteiger partial charge is 0.242 e. The molecule has 3 aliphatic heterocycles.